The largest absolute Gasteiger partial charge is 0.355 e. The first-order valence-electron chi connectivity index (χ1n) is 9.25. The number of likely N-dealkylation sites (tertiary alicyclic amines) is 1. The standard InChI is InChI=1S/C18H33N3O2/c1-14(2)12-18(7-3-4-8-18)17(23)21-11-5-6-15(13-21)16(22)20-10-9-19/h14-15H,3-13,19H2,1-2H3,(H,20,22). The summed E-state index contributed by atoms with van der Waals surface area (Å²) in [7, 11) is 0. The molecule has 1 aliphatic carbocycles. The van der Waals surface area contributed by atoms with Crippen LogP contribution < -0.4 is 11.1 Å². The molecule has 2 rings (SSSR count). The molecule has 1 aliphatic heterocycles. The Balaban J connectivity index is 2.01. The van der Waals surface area contributed by atoms with E-state index in [1.807, 2.05) is 4.90 Å². The lowest BCUT2D eigenvalue weighted by Gasteiger charge is -2.39. The molecule has 2 aliphatic rings. The van der Waals surface area contributed by atoms with Crippen LogP contribution in [0.5, 0.6) is 0 Å². The van der Waals surface area contributed by atoms with Gasteiger partial charge in [-0.25, -0.2) is 0 Å². The summed E-state index contributed by atoms with van der Waals surface area (Å²) in [5.74, 6) is 0.819. The molecule has 0 aromatic carbocycles. The fourth-order valence-electron chi connectivity index (χ4n) is 4.39. The van der Waals surface area contributed by atoms with Crippen LogP contribution in [0.25, 0.3) is 0 Å². The molecule has 0 aromatic heterocycles. The Bertz CT molecular complexity index is 416. The van der Waals surface area contributed by atoms with Crippen LogP contribution in [-0.4, -0.2) is 42.9 Å². The third-order valence-electron chi connectivity index (χ3n) is 5.34. The van der Waals surface area contributed by atoms with Gasteiger partial charge in [-0.1, -0.05) is 26.7 Å². The third kappa shape index (κ3) is 4.46. The highest BCUT2D eigenvalue weighted by Gasteiger charge is 2.44. The Morgan fingerprint density at radius 2 is 1.96 bits per heavy atom. The summed E-state index contributed by atoms with van der Waals surface area (Å²) in [5, 5.41) is 2.87. The quantitative estimate of drug-likeness (QED) is 0.784. The van der Waals surface area contributed by atoms with Gasteiger partial charge in [0.1, 0.15) is 0 Å². The molecule has 132 valence electrons. The molecule has 23 heavy (non-hydrogen) atoms. The molecule has 5 nitrogen and oxygen atoms in total. The van der Waals surface area contributed by atoms with Crippen LogP contribution in [0.4, 0.5) is 0 Å². The summed E-state index contributed by atoms with van der Waals surface area (Å²) in [6.45, 7) is 6.76. The van der Waals surface area contributed by atoms with Crippen molar-refractivity contribution in [1.82, 2.24) is 10.2 Å². The summed E-state index contributed by atoms with van der Waals surface area (Å²) in [6.07, 6.45) is 7.13. The highest BCUT2D eigenvalue weighted by molar-refractivity contribution is 5.85. The predicted molar refractivity (Wildman–Crippen MR) is 91.7 cm³/mol. The van der Waals surface area contributed by atoms with E-state index in [0.29, 0.717) is 31.5 Å². The lowest BCUT2D eigenvalue weighted by Crippen LogP contribution is -2.50. The molecular weight excluding hydrogens is 290 g/mol. The number of amides is 2. The average molecular weight is 323 g/mol. The number of hydrogen-bond donors (Lipinski definition) is 2. The van der Waals surface area contributed by atoms with Crippen LogP contribution in [0.2, 0.25) is 0 Å². The van der Waals surface area contributed by atoms with Crippen LogP contribution in [-0.2, 0) is 9.59 Å². The van der Waals surface area contributed by atoms with Crippen molar-refractivity contribution >= 4 is 11.8 Å². The predicted octanol–water partition coefficient (Wildman–Crippen LogP) is 1.91. The molecule has 1 saturated heterocycles. The van der Waals surface area contributed by atoms with Crippen LogP contribution in [0.15, 0.2) is 0 Å². The summed E-state index contributed by atoms with van der Waals surface area (Å²) in [6, 6.07) is 0. The fraction of sp³-hybridized carbons (Fsp3) is 0.889. The van der Waals surface area contributed by atoms with E-state index < -0.39 is 0 Å². The third-order valence-corrected chi connectivity index (χ3v) is 5.34. The van der Waals surface area contributed by atoms with Crippen molar-refractivity contribution in [3.05, 3.63) is 0 Å². The van der Waals surface area contributed by atoms with E-state index >= 15 is 0 Å². The van der Waals surface area contributed by atoms with Gasteiger partial charge in [0.25, 0.3) is 0 Å². The van der Waals surface area contributed by atoms with E-state index in [1.165, 1.54) is 0 Å². The van der Waals surface area contributed by atoms with E-state index in [0.717, 1.165) is 51.5 Å². The maximum absolute atomic E-state index is 13.2. The van der Waals surface area contributed by atoms with Gasteiger partial charge in [-0.15, -0.1) is 0 Å². The molecule has 2 amide bonds. The zero-order chi connectivity index (χ0) is 16.9. The molecule has 0 radical (unpaired) electrons. The van der Waals surface area contributed by atoms with Crippen molar-refractivity contribution < 1.29 is 9.59 Å². The van der Waals surface area contributed by atoms with E-state index in [4.69, 9.17) is 5.73 Å². The number of nitrogens with two attached hydrogens (primary N) is 1. The summed E-state index contributed by atoms with van der Waals surface area (Å²) in [4.78, 5) is 27.4. The summed E-state index contributed by atoms with van der Waals surface area (Å²) in [5.41, 5.74) is 5.29. The molecule has 0 aromatic rings. The molecule has 5 heteroatoms. The first kappa shape index (κ1) is 18.2. The second-order valence-electron chi connectivity index (χ2n) is 7.76. The maximum Gasteiger partial charge on any atom is 0.228 e. The molecule has 0 spiro atoms. The van der Waals surface area contributed by atoms with Crippen LogP contribution >= 0.6 is 0 Å². The second kappa shape index (κ2) is 8.13. The van der Waals surface area contributed by atoms with E-state index in [2.05, 4.69) is 19.2 Å². The molecule has 0 bridgehead atoms. The Labute approximate surface area is 140 Å². The zero-order valence-corrected chi connectivity index (χ0v) is 14.8. The Morgan fingerprint density at radius 3 is 2.57 bits per heavy atom. The monoisotopic (exact) mass is 323 g/mol. The van der Waals surface area contributed by atoms with Gasteiger partial charge in [-0.05, 0) is 38.0 Å². The van der Waals surface area contributed by atoms with E-state index in [9.17, 15) is 9.59 Å². The smallest absolute Gasteiger partial charge is 0.228 e. The lowest BCUT2D eigenvalue weighted by molar-refractivity contribution is -0.146. The van der Waals surface area contributed by atoms with Gasteiger partial charge in [-0.2, -0.15) is 0 Å². The highest BCUT2D eigenvalue weighted by Crippen LogP contribution is 2.45. The molecule has 1 heterocycles. The molecular formula is C18H33N3O2. The minimum Gasteiger partial charge on any atom is -0.355 e. The van der Waals surface area contributed by atoms with Crippen molar-refractivity contribution in [3.8, 4) is 0 Å². The van der Waals surface area contributed by atoms with Gasteiger partial charge in [0.15, 0.2) is 0 Å². The molecule has 3 N–H and O–H groups in total. The second-order valence-corrected chi connectivity index (χ2v) is 7.76. The number of piperidine rings is 1. The van der Waals surface area contributed by atoms with Crippen LogP contribution in [0.1, 0.15) is 58.8 Å². The number of carbonyl (C=O) groups excluding carboxylic acids is 2. The lowest BCUT2D eigenvalue weighted by atomic mass is 9.76. The van der Waals surface area contributed by atoms with Gasteiger partial charge in [0.05, 0.1) is 5.92 Å². The molecule has 2 fully saturated rings. The minimum absolute atomic E-state index is 0.0530. The van der Waals surface area contributed by atoms with Crippen molar-refractivity contribution in [2.75, 3.05) is 26.2 Å². The van der Waals surface area contributed by atoms with Crippen LogP contribution in [0, 0.1) is 17.3 Å². The summed E-state index contributed by atoms with van der Waals surface area (Å²) < 4.78 is 0. The van der Waals surface area contributed by atoms with Crippen molar-refractivity contribution in [1.29, 1.82) is 0 Å². The van der Waals surface area contributed by atoms with Gasteiger partial charge in [-0.3, -0.25) is 9.59 Å². The van der Waals surface area contributed by atoms with Gasteiger partial charge < -0.3 is 16.0 Å². The number of nitrogens with one attached hydrogen (secondary N) is 1. The van der Waals surface area contributed by atoms with Gasteiger partial charge in [0, 0.05) is 31.6 Å². The number of rotatable bonds is 6. The topological polar surface area (TPSA) is 75.4 Å². The zero-order valence-electron chi connectivity index (χ0n) is 14.8. The summed E-state index contributed by atoms with van der Waals surface area (Å²) >= 11 is 0. The number of nitrogens with zero attached hydrogens (tertiary/aromatic N) is 1. The van der Waals surface area contributed by atoms with Crippen molar-refractivity contribution in [2.45, 2.75) is 58.8 Å². The van der Waals surface area contributed by atoms with Gasteiger partial charge in [0.2, 0.25) is 11.8 Å². The Kier molecular flexibility index (Phi) is 6.45. The first-order valence-corrected chi connectivity index (χ1v) is 9.25. The normalized spacial score (nSPS) is 24.0. The fourth-order valence-corrected chi connectivity index (χ4v) is 4.39. The Hall–Kier alpha value is -1.10. The van der Waals surface area contributed by atoms with E-state index in [-0.39, 0.29) is 17.2 Å². The molecule has 1 unspecified atom stereocenters. The first-order chi connectivity index (χ1) is 11.0. The molecule has 1 saturated carbocycles. The minimum atomic E-state index is -0.163. The maximum atomic E-state index is 13.2. The Morgan fingerprint density at radius 1 is 1.26 bits per heavy atom. The SMILES string of the molecule is CC(C)CC1(C(=O)N2CCCC(C(=O)NCCN)C2)CCCC1. The molecule has 1 atom stereocenters. The van der Waals surface area contributed by atoms with Crippen LogP contribution in [0.3, 0.4) is 0 Å². The number of carbonyl (C=O) groups is 2. The van der Waals surface area contributed by atoms with Gasteiger partial charge >= 0.3 is 0 Å². The number of hydrogen-bond acceptors (Lipinski definition) is 3. The van der Waals surface area contributed by atoms with E-state index in [1.54, 1.807) is 0 Å². The average Bonchev–Trinajstić information content (AvgIpc) is 3.00. The highest BCUT2D eigenvalue weighted by atomic mass is 16.2. The van der Waals surface area contributed by atoms with Crippen molar-refractivity contribution in [2.24, 2.45) is 23.0 Å². The van der Waals surface area contributed by atoms with Crippen molar-refractivity contribution in [3.63, 3.8) is 0 Å².